The maximum atomic E-state index is 12.0. The Morgan fingerprint density at radius 3 is 2.79 bits per heavy atom. The van der Waals surface area contributed by atoms with Gasteiger partial charge in [0.05, 0.1) is 6.10 Å². The average Bonchev–Trinajstić information content (AvgIpc) is 2.95. The zero-order valence-electron chi connectivity index (χ0n) is 13.8. The van der Waals surface area contributed by atoms with E-state index >= 15 is 0 Å². The summed E-state index contributed by atoms with van der Waals surface area (Å²) in [5.74, 6) is 0. The predicted molar refractivity (Wildman–Crippen MR) is 96.1 cm³/mol. The first kappa shape index (κ1) is 16.1. The van der Waals surface area contributed by atoms with E-state index in [9.17, 15) is 9.90 Å². The highest BCUT2D eigenvalue weighted by molar-refractivity contribution is 5.90. The molecule has 0 aliphatic carbocycles. The number of urea groups is 1. The molecule has 3 rings (SSSR count). The van der Waals surface area contributed by atoms with E-state index < -0.39 is 6.10 Å². The van der Waals surface area contributed by atoms with Gasteiger partial charge in [-0.1, -0.05) is 24.3 Å². The number of anilines is 1. The summed E-state index contributed by atoms with van der Waals surface area (Å²) in [5, 5.41) is 16.9. The number of aromatic nitrogens is 1. The lowest BCUT2D eigenvalue weighted by Crippen LogP contribution is -2.32. The number of para-hydroxylation sites is 1. The third-order valence-electron chi connectivity index (χ3n) is 4.14. The van der Waals surface area contributed by atoms with Crippen LogP contribution in [0.4, 0.5) is 10.5 Å². The van der Waals surface area contributed by atoms with E-state index in [1.807, 2.05) is 73.3 Å². The highest BCUT2D eigenvalue weighted by Gasteiger charge is 2.11. The maximum absolute atomic E-state index is 12.0. The van der Waals surface area contributed by atoms with Gasteiger partial charge in [0.1, 0.15) is 0 Å². The number of hydrogen-bond acceptors (Lipinski definition) is 2. The Hall–Kier alpha value is -2.79. The second kappa shape index (κ2) is 6.76. The SMILES string of the molecule is Cc1ccccc1NC(=O)NC[C@H](O)c1ccc2c(ccn2C)c1. The van der Waals surface area contributed by atoms with Crippen LogP contribution in [0.5, 0.6) is 0 Å². The first-order valence-electron chi connectivity index (χ1n) is 7.88. The highest BCUT2D eigenvalue weighted by atomic mass is 16.3. The lowest BCUT2D eigenvalue weighted by Gasteiger charge is -2.14. The van der Waals surface area contributed by atoms with Gasteiger partial charge in [-0.2, -0.15) is 0 Å². The lowest BCUT2D eigenvalue weighted by molar-refractivity contribution is 0.175. The second-order valence-corrected chi connectivity index (χ2v) is 5.91. The first-order chi connectivity index (χ1) is 11.5. The molecule has 0 unspecified atom stereocenters. The van der Waals surface area contributed by atoms with Crippen LogP contribution < -0.4 is 10.6 Å². The molecule has 0 fully saturated rings. The molecule has 124 valence electrons. The molecule has 5 heteroatoms. The number of aliphatic hydroxyl groups is 1. The minimum Gasteiger partial charge on any atom is -0.387 e. The number of hydrogen-bond donors (Lipinski definition) is 3. The van der Waals surface area contributed by atoms with Crippen molar-refractivity contribution < 1.29 is 9.90 Å². The summed E-state index contributed by atoms with van der Waals surface area (Å²) >= 11 is 0. The molecule has 2 amide bonds. The van der Waals surface area contributed by atoms with Crippen LogP contribution in [0.25, 0.3) is 10.9 Å². The fraction of sp³-hybridized carbons (Fsp3) is 0.211. The van der Waals surface area contributed by atoms with Gasteiger partial charge in [-0.3, -0.25) is 0 Å². The largest absolute Gasteiger partial charge is 0.387 e. The number of carbonyl (C=O) groups is 1. The monoisotopic (exact) mass is 323 g/mol. The molecule has 0 spiro atoms. The van der Waals surface area contributed by atoms with Crippen molar-refractivity contribution in [2.45, 2.75) is 13.0 Å². The number of rotatable bonds is 4. The molecule has 1 atom stereocenters. The van der Waals surface area contributed by atoms with E-state index in [2.05, 4.69) is 10.6 Å². The molecule has 2 aromatic carbocycles. The molecule has 0 radical (unpaired) electrons. The van der Waals surface area contributed by atoms with Crippen LogP contribution >= 0.6 is 0 Å². The van der Waals surface area contributed by atoms with Crippen molar-refractivity contribution in [2.75, 3.05) is 11.9 Å². The van der Waals surface area contributed by atoms with Crippen LogP contribution in [0.3, 0.4) is 0 Å². The number of nitrogens with one attached hydrogen (secondary N) is 2. The number of carbonyl (C=O) groups excluding carboxylic acids is 1. The predicted octanol–water partition coefficient (Wildman–Crippen LogP) is 3.34. The molecule has 24 heavy (non-hydrogen) atoms. The van der Waals surface area contributed by atoms with Crippen molar-refractivity contribution in [1.82, 2.24) is 9.88 Å². The molecule has 0 bridgehead atoms. The molecule has 3 N–H and O–H groups in total. The molecule has 3 aromatic rings. The summed E-state index contributed by atoms with van der Waals surface area (Å²) in [6, 6.07) is 15.0. The molecule has 1 heterocycles. The number of amides is 2. The van der Waals surface area contributed by atoms with Crippen LogP contribution in [0, 0.1) is 6.92 Å². The summed E-state index contributed by atoms with van der Waals surface area (Å²) in [6.07, 6.45) is 1.23. The van der Waals surface area contributed by atoms with Crippen LogP contribution in [-0.4, -0.2) is 22.2 Å². The minimum atomic E-state index is -0.753. The Morgan fingerprint density at radius 2 is 2.00 bits per heavy atom. The van der Waals surface area contributed by atoms with Crippen LogP contribution in [0.1, 0.15) is 17.2 Å². The fourth-order valence-electron chi connectivity index (χ4n) is 2.69. The average molecular weight is 323 g/mol. The summed E-state index contributed by atoms with van der Waals surface area (Å²) in [6.45, 7) is 2.08. The zero-order chi connectivity index (χ0) is 17.1. The van der Waals surface area contributed by atoms with Gasteiger partial charge in [-0.25, -0.2) is 4.79 Å². The van der Waals surface area contributed by atoms with Gasteiger partial charge in [-0.05, 0) is 47.7 Å². The molecule has 0 aliphatic heterocycles. The van der Waals surface area contributed by atoms with Gasteiger partial charge in [0.2, 0.25) is 0 Å². The smallest absolute Gasteiger partial charge is 0.319 e. The quantitative estimate of drug-likeness (QED) is 0.689. The third-order valence-corrected chi connectivity index (χ3v) is 4.14. The normalized spacial score (nSPS) is 12.1. The lowest BCUT2D eigenvalue weighted by atomic mass is 10.1. The molecule has 0 saturated carbocycles. The Bertz CT molecular complexity index is 870. The molecule has 0 saturated heterocycles. The minimum absolute atomic E-state index is 0.149. The van der Waals surface area contributed by atoms with E-state index in [4.69, 9.17) is 0 Å². The number of nitrogens with zero attached hydrogens (tertiary/aromatic N) is 1. The number of aryl methyl sites for hydroxylation is 2. The summed E-state index contributed by atoms with van der Waals surface area (Å²) < 4.78 is 2.03. The third kappa shape index (κ3) is 3.41. The Kier molecular flexibility index (Phi) is 4.53. The Morgan fingerprint density at radius 1 is 1.21 bits per heavy atom. The highest BCUT2D eigenvalue weighted by Crippen LogP contribution is 2.21. The van der Waals surface area contributed by atoms with Gasteiger partial charge >= 0.3 is 6.03 Å². The van der Waals surface area contributed by atoms with Gasteiger partial charge in [0.25, 0.3) is 0 Å². The molecule has 1 aromatic heterocycles. The van der Waals surface area contributed by atoms with Gasteiger partial charge in [-0.15, -0.1) is 0 Å². The van der Waals surface area contributed by atoms with Crippen LogP contribution in [-0.2, 0) is 7.05 Å². The number of aliphatic hydroxyl groups excluding tert-OH is 1. The molecular weight excluding hydrogens is 302 g/mol. The van der Waals surface area contributed by atoms with Crippen molar-refractivity contribution in [3.05, 3.63) is 65.9 Å². The summed E-state index contributed by atoms with van der Waals surface area (Å²) in [7, 11) is 1.98. The van der Waals surface area contributed by atoms with Crippen LogP contribution in [0.2, 0.25) is 0 Å². The van der Waals surface area contributed by atoms with Crippen molar-refractivity contribution in [2.24, 2.45) is 7.05 Å². The molecular formula is C19H21N3O2. The Balaban J connectivity index is 1.60. The van der Waals surface area contributed by atoms with E-state index in [1.54, 1.807) is 0 Å². The Labute approximate surface area is 140 Å². The fourth-order valence-corrected chi connectivity index (χ4v) is 2.69. The molecule has 0 aliphatic rings. The van der Waals surface area contributed by atoms with Crippen molar-refractivity contribution in [1.29, 1.82) is 0 Å². The van der Waals surface area contributed by atoms with E-state index in [1.165, 1.54) is 0 Å². The van der Waals surface area contributed by atoms with Crippen LogP contribution in [0.15, 0.2) is 54.7 Å². The zero-order valence-corrected chi connectivity index (χ0v) is 13.8. The topological polar surface area (TPSA) is 66.3 Å². The summed E-state index contributed by atoms with van der Waals surface area (Å²) in [5.41, 5.74) is 3.64. The standard InChI is InChI=1S/C19H21N3O2/c1-13-5-3-4-6-16(13)21-19(24)20-12-18(23)15-7-8-17-14(11-15)9-10-22(17)2/h3-11,18,23H,12H2,1-2H3,(H2,20,21,24)/t18-/m0/s1. The van der Waals surface area contributed by atoms with E-state index in [0.717, 1.165) is 27.7 Å². The van der Waals surface area contributed by atoms with Crippen molar-refractivity contribution in [3.8, 4) is 0 Å². The van der Waals surface area contributed by atoms with E-state index in [-0.39, 0.29) is 12.6 Å². The summed E-state index contributed by atoms with van der Waals surface area (Å²) in [4.78, 5) is 12.0. The second-order valence-electron chi connectivity index (χ2n) is 5.91. The maximum Gasteiger partial charge on any atom is 0.319 e. The van der Waals surface area contributed by atoms with Gasteiger partial charge in [0.15, 0.2) is 0 Å². The van der Waals surface area contributed by atoms with Crippen molar-refractivity contribution >= 4 is 22.6 Å². The van der Waals surface area contributed by atoms with Gasteiger partial charge in [0, 0.05) is 31.0 Å². The van der Waals surface area contributed by atoms with Crippen molar-refractivity contribution in [3.63, 3.8) is 0 Å². The van der Waals surface area contributed by atoms with E-state index in [0.29, 0.717) is 0 Å². The van der Waals surface area contributed by atoms with Gasteiger partial charge < -0.3 is 20.3 Å². The number of benzene rings is 2. The first-order valence-corrected chi connectivity index (χ1v) is 7.88. The molecule has 5 nitrogen and oxygen atoms in total. The number of fused-ring (bicyclic) bond motifs is 1.